The molecule has 7 heteroatoms. The minimum absolute atomic E-state index is 0.0355. The summed E-state index contributed by atoms with van der Waals surface area (Å²) >= 11 is 0. The van der Waals surface area contributed by atoms with E-state index in [1.807, 2.05) is 18.7 Å². The maximum atomic E-state index is 12.8. The zero-order chi connectivity index (χ0) is 18.3. The van der Waals surface area contributed by atoms with E-state index in [0.717, 1.165) is 38.9 Å². The molecule has 0 atom stereocenters. The Kier molecular flexibility index (Phi) is 7.40. The molecule has 140 valence electrons. The van der Waals surface area contributed by atoms with Crippen LogP contribution in [0.4, 0.5) is 0 Å². The smallest absolute Gasteiger partial charge is 0.253 e. The van der Waals surface area contributed by atoms with Gasteiger partial charge in [0.15, 0.2) is 0 Å². The third kappa shape index (κ3) is 5.03. The lowest BCUT2D eigenvalue weighted by Crippen LogP contribution is -2.34. The van der Waals surface area contributed by atoms with E-state index in [4.69, 9.17) is 0 Å². The average molecular weight is 368 g/mol. The minimum Gasteiger partial charge on any atom is -0.337 e. The zero-order valence-electron chi connectivity index (χ0n) is 15.2. The Bertz CT molecular complexity index is 645. The number of hydrogen-bond donors (Lipinski definition) is 1. The van der Waals surface area contributed by atoms with Gasteiger partial charge in [0, 0.05) is 38.3 Å². The lowest BCUT2D eigenvalue weighted by molar-refractivity contribution is 0.0766. The van der Waals surface area contributed by atoms with Crippen LogP contribution >= 0.6 is 0 Å². The van der Waals surface area contributed by atoms with Gasteiger partial charge in [-0.3, -0.25) is 4.79 Å². The molecule has 1 aromatic carbocycles. The summed E-state index contributed by atoms with van der Waals surface area (Å²) in [6, 6.07) is 6.36. The van der Waals surface area contributed by atoms with E-state index in [1.54, 1.807) is 24.3 Å². The van der Waals surface area contributed by atoms with Crippen molar-refractivity contribution in [3.63, 3.8) is 0 Å². The van der Waals surface area contributed by atoms with Gasteiger partial charge in [0.05, 0.1) is 4.90 Å². The van der Waals surface area contributed by atoms with Crippen LogP contribution in [0.1, 0.15) is 43.5 Å². The summed E-state index contributed by atoms with van der Waals surface area (Å²) < 4.78 is 27.0. The summed E-state index contributed by atoms with van der Waals surface area (Å²) in [5, 5.41) is 3.27. The first-order chi connectivity index (χ1) is 12.0. The molecule has 0 bridgehead atoms. The number of carbonyl (C=O) groups excluding carboxylic acids is 1. The lowest BCUT2D eigenvalue weighted by atomic mass is 10.2. The molecular weight excluding hydrogens is 338 g/mol. The molecule has 0 aliphatic carbocycles. The van der Waals surface area contributed by atoms with E-state index in [9.17, 15) is 13.2 Å². The molecule has 1 fully saturated rings. The van der Waals surface area contributed by atoms with Gasteiger partial charge in [-0.15, -0.1) is 0 Å². The Hall–Kier alpha value is -1.44. The van der Waals surface area contributed by atoms with Gasteiger partial charge in [0.25, 0.3) is 5.91 Å². The quantitative estimate of drug-likeness (QED) is 0.799. The second-order valence-corrected chi connectivity index (χ2v) is 8.26. The first-order valence-electron chi connectivity index (χ1n) is 9.11. The van der Waals surface area contributed by atoms with Crippen LogP contribution in [-0.2, 0) is 10.0 Å². The van der Waals surface area contributed by atoms with Gasteiger partial charge in [-0.2, -0.15) is 4.31 Å². The van der Waals surface area contributed by atoms with Crippen LogP contribution in [-0.4, -0.2) is 62.8 Å². The average Bonchev–Trinajstić information content (AvgIpc) is 2.90. The summed E-state index contributed by atoms with van der Waals surface area (Å²) in [7, 11) is -3.50. The summed E-state index contributed by atoms with van der Waals surface area (Å²) in [6.07, 6.45) is 2.48. The molecule has 0 spiro atoms. The Labute approximate surface area is 151 Å². The van der Waals surface area contributed by atoms with Crippen LogP contribution in [0.3, 0.4) is 0 Å². The molecule has 0 aromatic heterocycles. The zero-order valence-corrected chi connectivity index (χ0v) is 16.0. The molecule has 1 aliphatic heterocycles. The summed E-state index contributed by atoms with van der Waals surface area (Å²) in [5.74, 6) is -0.0355. The van der Waals surface area contributed by atoms with Crippen LogP contribution in [0.2, 0.25) is 0 Å². The van der Waals surface area contributed by atoms with Gasteiger partial charge < -0.3 is 10.2 Å². The number of benzene rings is 1. The number of carbonyl (C=O) groups is 1. The molecule has 1 amide bonds. The van der Waals surface area contributed by atoms with E-state index in [2.05, 4.69) is 5.32 Å². The third-order valence-corrected chi connectivity index (χ3v) is 6.23. The van der Waals surface area contributed by atoms with Crippen LogP contribution in [0.15, 0.2) is 29.2 Å². The van der Waals surface area contributed by atoms with Gasteiger partial charge >= 0.3 is 0 Å². The fraction of sp³-hybridized carbons (Fsp3) is 0.611. The summed E-state index contributed by atoms with van der Waals surface area (Å²) in [4.78, 5) is 14.7. The lowest BCUT2D eigenvalue weighted by Gasteiger charge is -2.22. The highest BCUT2D eigenvalue weighted by Gasteiger charge is 2.24. The molecule has 0 saturated carbocycles. The van der Waals surface area contributed by atoms with Crippen molar-refractivity contribution < 1.29 is 13.2 Å². The Morgan fingerprint density at radius 3 is 2.32 bits per heavy atom. The van der Waals surface area contributed by atoms with Crippen LogP contribution in [0, 0.1) is 0 Å². The molecule has 2 rings (SSSR count). The monoisotopic (exact) mass is 367 g/mol. The van der Waals surface area contributed by atoms with Crippen molar-refractivity contribution in [2.75, 3.05) is 39.3 Å². The Balaban J connectivity index is 2.16. The molecule has 0 unspecified atom stereocenters. The van der Waals surface area contributed by atoms with E-state index in [-0.39, 0.29) is 10.8 Å². The molecule has 1 aliphatic rings. The minimum atomic E-state index is -3.50. The third-order valence-electron chi connectivity index (χ3n) is 4.31. The summed E-state index contributed by atoms with van der Waals surface area (Å²) in [5.41, 5.74) is 0.540. The van der Waals surface area contributed by atoms with E-state index >= 15 is 0 Å². The molecule has 25 heavy (non-hydrogen) atoms. The first kappa shape index (κ1) is 19.9. The second kappa shape index (κ2) is 9.31. The van der Waals surface area contributed by atoms with E-state index < -0.39 is 10.0 Å². The molecular formula is C18H29N3O3S. The van der Waals surface area contributed by atoms with Gasteiger partial charge in [0.1, 0.15) is 0 Å². The SMILES string of the molecule is CCCN(CCC)S(=O)(=O)c1ccc(C(=O)N2CCCNCC2)cc1. The van der Waals surface area contributed by atoms with Crippen molar-refractivity contribution in [3.05, 3.63) is 29.8 Å². The molecule has 1 aromatic rings. The number of hydrogen-bond acceptors (Lipinski definition) is 4. The second-order valence-electron chi connectivity index (χ2n) is 6.32. The normalized spacial score (nSPS) is 16.0. The topological polar surface area (TPSA) is 69.7 Å². The molecule has 0 radical (unpaired) electrons. The first-order valence-corrected chi connectivity index (χ1v) is 10.5. The summed E-state index contributed by atoms with van der Waals surface area (Å²) in [6.45, 7) is 8.08. The Morgan fingerprint density at radius 2 is 1.72 bits per heavy atom. The van der Waals surface area contributed by atoms with Crippen molar-refractivity contribution in [2.45, 2.75) is 38.0 Å². The van der Waals surface area contributed by atoms with Gasteiger partial charge in [-0.05, 0) is 50.1 Å². The predicted octanol–water partition coefficient (Wildman–Crippen LogP) is 1.93. The number of amides is 1. The number of nitrogens with one attached hydrogen (secondary N) is 1. The van der Waals surface area contributed by atoms with Gasteiger partial charge in [-0.25, -0.2) is 8.42 Å². The molecule has 1 saturated heterocycles. The highest BCUT2D eigenvalue weighted by Crippen LogP contribution is 2.18. The van der Waals surface area contributed by atoms with Crippen molar-refractivity contribution >= 4 is 15.9 Å². The van der Waals surface area contributed by atoms with Crippen molar-refractivity contribution in [3.8, 4) is 0 Å². The standard InChI is InChI=1S/C18H29N3O3S/c1-3-12-21(13-4-2)25(23,24)17-8-6-16(7-9-17)18(22)20-14-5-10-19-11-15-20/h6-9,19H,3-5,10-15H2,1-2H3. The van der Waals surface area contributed by atoms with E-state index in [1.165, 1.54) is 4.31 Å². The number of nitrogens with zero attached hydrogens (tertiary/aromatic N) is 2. The highest BCUT2D eigenvalue weighted by molar-refractivity contribution is 7.89. The maximum absolute atomic E-state index is 12.8. The predicted molar refractivity (Wildman–Crippen MR) is 99.2 cm³/mol. The van der Waals surface area contributed by atoms with Crippen molar-refractivity contribution in [1.82, 2.24) is 14.5 Å². The van der Waals surface area contributed by atoms with Gasteiger partial charge in [-0.1, -0.05) is 13.8 Å². The van der Waals surface area contributed by atoms with Crippen molar-refractivity contribution in [1.29, 1.82) is 0 Å². The molecule has 1 heterocycles. The Morgan fingerprint density at radius 1 is 1.08 bits per heavy atom. The fourth-order valence-electron chi connectivity index (χ4n) is 3.00. The number of sulfonamides is 1. The van der Waals surface area contributed by atoms with E-state index in [0.29, 0.717) is 25.2 Å². The van der Waals surface area contributed by atoms with Crippen LogP contribution in [0.5, 0.6) is 0 Å². The van der Waals surface area contributed by atoms with Crippen LogP contribution < -0.4 is 5.32 Å². The number of rotatable bonds is 7. The fourth-order valence-corrected chi connectivity index (χ4v) is 4.62. The highest BCUT2D eigenvalue weighted by atomic mass is 32.2. The molecule has 1 N–H and O–H groups in total. The molecule has 6 nitrogen and oxygen atoms in total. The van der Waals surface area contributed by atoms with Crippen molar-refractivity contribution in [2.24, 2.45) is 0 Å². The van der Waals surface area contributed by atoms with Gasteiger partial charge in [0.2, 0.25) is 10.0 Å². The largest absolute Gasteiger partial charge is 0.337 e. The van der Waals surface area contributed by atoms with Crippen LogP contribution in [0.25, 0.3) is 0 Å². The maximum Gasteiger partial charge on any atom is 0.253 e.